The van der Waals surface area contributed by atoms with Crippen LogP contribution >= 0.6 is 11.3 Å². The molecule has 1 aromatic rings. The summed E-state index contributed by atoms with van der Waals surface area (Å²) in [6.07, 6.45) is 1.95. The Balaban J connectivity index is 3.02. The summed E-state index contributed by atoms with van der Waals surface area (Å²) in [5.41, 5.74) is 4.22. The summed E-state index contributed by atoms with van der Waals surface area (Å²) >= 11 is 1.40. The van der Waals surface area contributed by atoms with Crippen LogP contribution in [0.2, 0.25) is 0 Å². The highest BCUT2D eigenvalue weighted by Gasteiger charge is 2.41. The van der Waals surface area contributed by atoms with E-state index in [1.165, 1.54) is 11.3 Å². The van der Waals surface area contributed by atoms with E-state index >= 15 is 0 Å². The molecule has 1 atom stereocenters. The Hall–Kier alpha value is -1.27. The second kappa shape index (κ2) is 7.23. The molecule has 0 aliphatic rings. The number of hydrogen-bond donors (Lipinski definition) is 2. The Kier molecular flexibility index (Phi) is 5.94. The first-order valence-corrected chi connectivity index (χ1v) is 6.91. The van der Waals surface area contributed by atoms with Gasteiger partial charge in [-0.05, 0) is 44.2 Å². The Morgan fingerprint density at radius 1 is 1.56 bits per heavy atom. The fraction of sp³-hybridized carbons (Fsp3) is 0.583. The van der Waals surface area contributed by atoms with Crippen molar-refractivity contribution in [2.45, 2.75) is 31.7 Å². The first kappa shape index (κ1) is 14.8. The van der Waals surface area contributed by atoms with Gasteiger partial charge >= 0.3 is 5.97 Å². The molecule has 1 rings (SSSR count). The van der Waals surface area contributed by atoms with Crippen LogP contribution in [0.25, 0.3) is 0 Å². The van der Waals surface area contributed by atoms with E-state index in [9.17, 15) is 9.90 Å². The molecule has 18 heavy (non-hydrogen) atoms. The van der Waals surface area contributed by atoms with E-state index in [0.29, 0.717) is 19.5 Å². The third kappa shape index (κ3) is 3.36. The summed E-state index contributed by atoms with van der Waals surface area (Å²) in [5.74, 6) is -0.945. The fourth-order valence-corrected chi connectivity index (χ4v) is 2.59. The molecule has 0 aliphatic heterocycles. The van der Waals surface area contributed by atoms with E-state index in [0.717, 1.165) is 17.7 Å². The summed E-state index contributed by atoms with van der Waals surface area (Å²) in [6.45, 7) is 2.88. The van der Waals surface area contributed by atoms with Gasteiger partial charge in [-0.2, -0.15) is 10.2 Å². The lowest BCUT2D eigenvalue weighted by molar-refractivity contribution is -0.144. The lowest BCUT2D eigenvalue weighted by atomic mass is 9.92. The summed E-state index contributed by atoms with van der Waals surface area (Å²) in [7, 11) is 0. The van der Waals surface area contributed by atoms with Crippen molar-refractivity contribution >= 4 is 17.3 Å². The molecule has 0 unspecified atom stereocenters. The van der Waals surface area contributed by atoms with E-state index in [2.05, 4.69) is 10.2 Å². The number of carboxylic acid groups (broad SMARTS) is 1. The summed E-state index contributed by atoms with van der Waals surface area (Å²) in [5, 5.41) is 19.4. The molecule has 0 spiro atoms. The van der Waals surface area contributed by atoms with Crippen LogP contribution in [0.1, 0.15) is 31.1 Å². The molecule has 0 radical (unpaired) electrons. The molecule has 0 fully saturated rings. The van der Waals surface area contributed by atoms with Gasteiger partial charge in [0.25, 0.3) is 0 Å². The van der Waals surface area contributed by atoms with Gasteiger partial charge in [0.1, 0.15) is 0 Å². The average Bonchev–Trinajstić information content (AvgIpc) is 2.87. The van der Waals surface area contributed by atoms with Crippen LogP contribution in [-0.2, 0) is 10.3 Å². The number of carboxylic acids is 1. The molecule has 0 aromatic carbocycles. The normalized spacial score (nSPS) is 14.8. The van der Waals surface area contributed by atoms with Crippen LogP contribution in [0.5, 0.6) is 0 Å². The van der Waals surface area contributed by atoms with Crippen LogP contribution in [0, 0.1) is 0 Å². The zero-order valence-electron chi connectivity index (χ0n) is 10.5. The van der Waals surface area contributed by atoms with Gasteiger partial charge in [0.2, 0.25) is 5.54 Å². The predicted octanol–water partition coefficient (Wildman–Crippen LogP) is 2.63. The Morgan fingerprint density at radius 2 is 2.33 bits per heavy atom. The topological polar surface area (TPSA) is 88.0 Å². The molecule has 0 aliphatic carbocycles. The van der Waals surface area contributed by atoms with Crippen molar-refractivity contribution in [3.05, 3.63) is 22.4 Å². The smallest absolute Gasteiger partial charge is 0.339 e. The monoisotopic (exact) mass is 269 g/mol. The zero-order valence-corrected chi connectivity index (χ0v) is 11.3. The molecule has 0 saturated carbocycles. The summed E-state index contributed by atoms with van der Waals surface area (Å²) in [4.78, 5) is 12.4. The molecule has 0 saturated heterocycles. The van der Waals surface area contributed by atoms with Crippen molar-refractivity contribution < 1.29 is 9.90 Å². The second-order valence-electron chi connectivity index (χ2n) is 3.95. The number of azo groups is 1. The minimum Gasteiger partial charge on any atom is -0.479 e. The van der Waals surface area contributed by atoms with Crippen LogP contribution in [-0.4, -0.2) is 24.2 Å². The van der Waals surface area contributed by atoms with E-state index in [1.54, 1.807) is 6.07 Å². The van der Waals surface area contributed by atoms with Crippen LogP contribution in [0.3, 0.4) is 0 Å². The summed E-state index contributed by atoms with van der Waals surface area (Å²) < 4.78 is 0. The number of hydrogen-bond acceptors (Lipinski definition) is 5. The third-order valence-electron chi connectivity index (χ3n) is 2.66. The molecule has 1 heterocycles. The highest BCUT2D eigenvalue weighted by atomic mass is 32.1. The number of unbranched alkanes of at least 4 members (excludes halogenated alkanes) is 1. The number of nitrogens with zero attached hydrogens (tertiary/aromatic N) is 2. The molecule has 1 aromatic heterocycles. The molecular weight excluding hydrogens is 250 g/mol. The van der Waals surface area contributed by atoms with Gasteiger partial charge in [0, 0.05) is 4.88 Å². The van der Waals surface area contributed by atoms with Crippen molar-refractivity contribution in [1.82, 2.24) is 0 Å². The van der Waals surface area contributed by atoms with Gasteiger partial charge in [0.15, 0.2) is 0 Å². The van der Waals surface area contributed by atoms with Crippen LogP contribution < -0.4 is 5.73 Å². The Bertz CT molecular complexity index is 392. The van der Waals surface area contributed by atoms with Gasteiger partial charge in [-0.25, -0.2) is 4.79 Å². The first-order chi connectivity index (χ1) is 8.67. The van der Waals surface area contributed by atoms with Gasteiger partial charge in [0.05, 0.1) is 6.54 Å². The first-order valence-electron chi connectivity index (χ1n) is 6.03. The van der Waals surface area contributed by atoms with Gasteiger partial charge in [-0.15, -0.1) is 11.3 Å². The second-order valence-corrected chi connectivity index (χ2v) is 4.89. The largest absolute Gasteiger partial charge is 0.479 e. The van der Waals surface area contributed by atoms with Crippen LogP contribution in [0.4, 0.5) is 0 Å². The van der Waals surface area contributed by atoms with Gasteiger partial charge in [-0.1, -0.05) is 6.07 Å². The molecule has 3 N–H and O–H groups in total. The maximum atomic E-state index is 11.6. The molecular formula is C12H19N3O2S. The Labute approximate surface area is 111 Å². The van der Waals surface area contributed by atoms with Gasteiger partial charge < -0.3 is 10.8 Å². The molecule has 0 bridgehead atoms. The van der Waals surface area contributed by atoms with Gasteiger partial charge in [-0.3, -0.25) is 0 Å². The maximum absolute atomic E-state index is 11.6. The molecule has 5 nitrogen and oxygen atoms in total. The summed E-state index contributed by atoms with van der Waals surface area (Å²) in [6, 6.07) is 3.64. The maximum Gasteiger partial charge on any atom is 0.339 e. The number of aliphatic carboxylic acids is 1. The van der Waals surface area contributed by atoms with E-state index < -0.39 is 11.5 Å². The van der Waals surface area contributed by atoms with Crippen molar-refractivity contribution in [1.29, 1.82) is 0 Å². The predicted molar refractivity (Wildman–Crippen MR) is 71.9 cm³/mol. The van der Waals surface area contributed by atoms with E-state index in [4.69, 9.17) is 5.73 Å². The Morgan fingerprint density at radius 3 is 2.83 bits per heavy atom. The average molecular weight is 269 g/mol. The number of thiophene rings is 1. The lowest BCUT2D eigenvalue weighted by Gasteiger charge is -2.22. The van der Waals surface area contributed by atoms with E-state index in [-0.39, 0.29) is 0 Å². The molecule has 100 valence electrons. The SMILES string of the molecule is CCN=N[C@@](CCCCN)(C(=O)O)c1cccs1. The quantitative estimate of drug-likeness (QED) is 0.561. The van der Waals surface area contributed by atoms with Crippen LogP contribution in [0.15, 0.2) is 27.7 Å². The van der Waals surface area contributed by atoms with Crippen molar-refractivity contribution in [3.63, 3.8) is 0 Å². The zero-order chi connectivity index (χ0) is 13.4. The number of carbonyl (C=O) groups is 1. The molecule has 0 amide bonds. The van der Waals surface area contributed by atoms with Crippen molar-refractivity contribution in [2.24, 2.45) is 16.0 Å². The lowest BCUT2D eigenvalue weighted by Crippen LogP contribution is -2.33. The highest BCUT2D eigenvalue weighted by molar-refractivity contribution is 7.10. The fourth-order valence-electron chi connectivity index (χ4n) is 1.71. The molecule has 6 heteroatoms. The standard InChI is InChI=1S/C12H19N3O2S/c1-2-14-15-12(11(16)17,7-3-4-8-13)10-6-5-9-18-10/h5-6,9H,2-4,7-8,13H2,1H3,(H,16,17)/t12-/m1/s1. The minimum atomic E-state index is -1.24. The van der Waals surface area contributed by atoms with Crippen molar-refractivity contribution in [2.75, 3.05) is 13.1 Å². The van der Waals surface area contributed by atoms with E-state index in [1.807, 2.05) is 18.4 Å². The highest BCUT2D eigenvalue weighted by Crippen LogP contribution is 2.35. The third-order valence-corrected chi connectivity index (χ3v) is 3.68. The minimum absolute atomic E-state index is 0.434. The van der Waals surface area contributed by atoms with Crippen molar-refractivity contribution in [3.8, 4) is 0 Å². The number of rotatable bonds is 8. The number of nitrogens with two attached hydrogens (primary N) is 1.